The van der Waals surface area contributed by atoms with E-state index in [9.17, 15) is 9.59 Å². The van der Waals surface area contributed by atoms with Gasteiger partial charge >= 0.3 is 0 Å². The van der Waals surface area contributed by atoms with Gasteiger partial charge in [-0.05, 0) is 70.6 Å². The van der Waals surface area contributed by atoms with Crippen molar-refractivity contribution in [2.75, 3.05) is 18.6 Å². The highest BCUT2D eigenvalue weighted by molar-refractivity contribution is 9.10. The Kier molecular flexibility index (Phi) is 7.26. The number of thioether (sulfide) groups is 1. The van der Waals surface area contributed by atoms with Crippen LogP contribution in [0.3, 0.4) is 0 Å². The third-order valence-electron chi connectivity index (χ3n) is 6.07. The second kappa shape index (κ2) is 10.1. The van der Waals surface area contributed by atoms with Gasteiger partial charge in [0.25, 0.3) is 5.91 Å². The first-order chi connectivity index (χ1) is 15.5. The van der Waals surface area contributed by atoms with Crippen LogP contribution in [0.15, 0.2) is 56.7 Å². The van der Waals surface area contributed by atoms with E-state index in [4.69, 9.17) is 4.74 Å². The first kappa shape index (κ1) is 22.9. The number of anilines is 1. The van der Waals surface area contributed by atoms with Gasteiger partial charge in [-0.15, -0.1) is 0 Å². The number of methoxy groups -OCH3 is 1. The maximum absolute atomic E-state index is 13.4. The summed E-state index contributed by atoms with van der Waals surface area (Å²) in [5.74, 6) is 0.935. The second-order valence-corrected chi connectivity index (χ2v) is 10.2. The fourth-order valence-electron chi connectivity index (χ4n) is 4.27. The number of halogens is 1. The van der Waals surface area contributed by atoms with E-state index >= 15 is 0 Å². The Morgan fingerprint density at radius 1 is 1.25 bits per heavy atom. The lowest BCUT2D eigenvalue weighted by Gasteiger charge is -2.32. The summed E-state index contributed by atoms with van der Waals surface area (Å²) in [6.45, 7) is 2.21. The molecule has 2 amide bonds. The van der Waals surface area contributed by atoms with Gasteiger partial charge in [-0.2, -0.15) is 0 Å². The molecule has 0 spiro atoms. The highest BCUT2D eigenvalue weighted by Gasteiger charge is 2.31. The van der Waals surface area contributed by atoms with E-state index in [0.717, 1.165) is 45.6 Å². The van der Waals surface area contributed by atoms with Crippen molar-refractivity contribution in [1.82, 2.24) is 5.32 Å². The van der Waals surface area contributed by atoms with Gasteiger partial charge in [0.2, 0.25) is 5.91 Å². The number of nitrogens with zero attached hydrogens (tertiary/aromatic N) is 1. The fraction of sp³-hybridized carbons (Fsp3) is 0.360. The minimum Gasteiger partial charge on any atom is -0.496 e. The number of ether oxygens (including phenoxy) is 1. The van der Waals surface area contributed by atoms with Gasteiger partial charge in [0.15, 0.2) is 0 Å². The highest BCUT2D eigenvalue weighted by Crippen LogP contribution is 2.42. The zero-order valence-corrected chi connectivity index (χ0v) is 20.7. The molecule has 1 aliphatic heterocycles. The standard InChI is InChI=1S/C25H27BrN2O3S/c1-16-7-3-4-8-19(16)27-24(29)15-28-20-9-5-6-10-22(20)32-23(25(28)30)14-17-11-12-21(31-2)18(26)13-17/h5-6,9-14,16,19H,3-4,7-8,15H2,1-2H3,(H,27,29)/b23-14-/t16-,19-/m1/s1. The fourth-order valence-corrected chi connectivity index (χ4v) is 5.89. The predicted molar refractivity (Wildman–Crippen MR) is 133 cm³/mol. The lowest BCUT2D eigenvalue weighted by Crippen LogP contribution is -2.48. The van der Waals surface area contributed by atoms with Crippen LogP contribution in [0, 0.1) is 5.92 Å². The summed E-state index contributed by atoms with van der Waals surface area (Å²) in [7, 11) is 1.62. The summed E-state index contributed by atoms with van der Waals surface area (Å²) in [4.78, 5) is 29.5. The minimum atomic E-state index is -0.160. The number of carbonyl (C=O) groups excluding carboxylic acids is 2. The molecule has 4 rings (SSSR count). The van der Waals surface area contributed by atoms with E-state index in [0.29, 0.717) is 10.8 Å². The molecule has 2 aliphatic rings. The minimum absolute atomic E-state index is 0.0171. The number of hydrogen-bond donors (Lipinski definition) is 1. The Morgan fingerprint density at radius 2 is 2.03 bits per heavy atom. The summed E-state index contributed by atoms with van der Waals surface area (Å²) >= 11 is 4.93. The van der Waals surface area contributed by atoms with E-state index in [1.807, 2.05) is 48.5 Å². The molecule has 1 saturated carbocycles. The first-order valence-corrected chi connectivity index (χ1v) is 12.5. The van der Waals surface area contributed by atoms with E-state index in [1.165, 1.54) is 18.2 Å². The normalized spacial score (nSPS) is 21.9. The van der Waals surface area contributed by atoms with Gasteiger partial charge in [0.05, 0.1) is 22.2 Å². The molecule has 1 heterocycles. The molecule has 1 fully saturated rings. The number of hydrogen-bond acceptors (Lipinski definition) is 4. The Labute approximate surface area is 201 Å². The number of carbonyl (C=O) groups is 2. The number of fused-ring (bicyclic) bond motifs is 1. The number of para-hydroxylation sites is 1. The summed E-state index contributed by atoms with van der Waals surface area (Å²) < 4.78 is 6.12. The van der Waals surface area contributed by atoms with Crippen molar-refractivity contribution in [3.05, 3.63) is 57.4 Å². The topological polar surface area (TPSA) is 58.6 Å². The van der Waals surface area contributed by atoms with Gasteiger partial charge in [0.1, 0.15) is 12.3 Å². The molecule has 1 N–H and O–H groups in total. The average molecular weight is 515 g/mol. The predicted octanol–water partition coefficient (Wildman–Crippen LogP) is 5.63. The molecule has 32 heavy (non-hydrogen) atoms. The molecule has 2 aromatic rings. The molecule has 0 unspecified atom stereocenters. The first-order valence-electron chi connectivity index (χ1n) is 10.9. The van der Waals surface area contributed by atoms with Gasteiger partial charge in [-0.3, -0.25) is 14.5 Å². The van der Waals surface area contributed by atoms with E-state index < -0.39 is 0 Å². The molecule has 0 radical (unpaired) electrons. The van der Waals surface area contributed by atoms with Crippen LogP contribution in [0.5, 0.6) is 5.75 Å². The third-order valence-corrected chi connectivity index (χ3v) is 7.76. The van der Waals surface area contributed by atoms with Crippen LogP contribution in [0.4, 0.5) is 5.69 Å². The maximum atomic E-state index is 13.4. The Hall–Kier alpha value is -2.25. The molecule has 5 nitrogen and oxygen atoms in total. The van der Waals surface area contributed by atoms with Crippen molar-refractivity contribution in [3.8, 4) is 5.75 Å². The molecule has 2 atom stereocenters. The van der Waals surface area contributed by atoms with Crippen LogP contribution >= 0.6 is 27.7 Å². The molecule has 1 aliphatic carbocycles. The number of amides is 2. The number of rotatable bonds is 5. The molecule has 0 saturated heterocycles. The molecular formula is C25H27BrN2O3S. The number of nitrogens with one attached hydrogen (secondary N) is 1. The lowest BCUT2D eigenvalue weighted by atomic mass is 9.86. The van der Waals surface area contributed by atoms with Gasteiger partial charge in [-0.25, -0.2) is 0 Å². The van der Waals surface area contributed by atoms with Crippen molar-refractivity contribution < 1.29 is 14.3 Å². The van der Waals surface area contributed by atoms with Crippen LogP contribution < -0.4 is 15.0 Å². The van der Waals surface area contributed by atoms with Gasteiger partial charge in [0, 0.05) is 10.9 Å². The van der Waals surface area contributed by atoms with Gasteiger partial charge in [-0.1, -0.05) is 49.7 Å². The molecule has 7 heteroatoms. The van der Waals surface area contributed by atoms with Gasteiger partial charge < -0.3 is 10.1 Å². The van der Waals surface area contributed by atoms with Crippen LogP contribution in [0.25, 0.3) is 6.08 Å². The maximum Gasteiger partial charge on any atom is 0.265 e. The molecule has 2 aromatic carbocycles. The van der Waals surface area contributed by atoms with E-state index in [-0.39, 0.29) is 24.4 Å². The van der Waals surface area contributed by atoms with Crippen molar-refractivity contribution in [2.24, 2.45) is 5.92 Å². The van der Waals surface area contributed by atoms with E-state index in [2.05, 4.69) is 28.2 Å². The zero-order valence-electron chi connectivity index (χ0n) is 18.3. The highest BCUT2D eigenvalue weighted by atomic mass is 79.9. The summed E-state index contributed by atoms with van der Waals surface area (Å²) in [5.41, 5.74) is 1.66. The second-order valence-electron chi connectivity index (χ2n) is 8.30. The van der Waals surface area contributed by atoms with Crippen LogP contribution in [0.2, 0.25) is 0 Å². The summed E-state index contributed by atoms with van der Waals surface area (Å²) in [6.07, 6.45) is 6.36. The molecular weight excluding hydrogens is 488 g/mol. The third kappa shape index (κ3) is 5.04. The lowest BCUT2D eigenvalue weighted by molar-refractivity contribution is -0.123. The monoisotopic (exact) mass is 514 g/mol. The van der Waals surface area contributed by atoms with Crippen LogP contribution in [-0.4, -0.2) is 31.5 Å². The van der Waals surface area contributed by atoms with E-state index in [1.54, 1.807) is 12.0 Å². The molecule has 0 aromatic heterocycles. The zero-order chi connectivity index (χ0) is 22.7. The molecule has 168 valence electrons. The Morgan fingerprint density at radius 3 is 2.78 bits per heavy atom. The van der Waals surface area contributed by atoms with Crippen LogP contribution in [-0.2, 0) is 9.59 Å². The van der Waals surface area contributed by atoms with Crippen molar-refractivity contribution in [2.45, 2.75) is 43.5 Å². The Bertz CT molecular complexity index is 1060. The summed E-state index contributed by atoms with van der Waals surface area (Å²) in [5, 5.41) is 3.17. The smallest absolute Gasteiger partial charge is 0.265 e. The molecule has 0 bridgehead atoms. The average Bonchev–Trinajstić information content (AvgIpc) is 2.78. The Balaban J connectivity index is 1.58. The quantitative estimate of drug-likeness (QED) is 0.525. The number of benzene rings is 2. The van der Waals surface area contributed by atoms with Crippen molar-refractivity contribution in [1.29, 1.82) is 0 Å². The van der Waals surface area contributed by atoms with Crippen molar-refractivity contribution in [3.63, 3.8) is 0 Å². The van der Waals surface area contributed by atoms with Crippen molar-refractivity contribution >= 4 is 51.3 Å². The summed E-state index contributed by atoms with van der Waals surface area (Å²) in [6, 6.07) is 13.6. The largest absolute Gasteiger partial charge is 0.496 e. The SMILES string of the molecule is COc1ccc(/C=C2\Sc3ccccc3N(CC(=O)N[C@@H]3CCCC[C@H]3C)C2=O)cc1Br. The van der Waals surface area contributed by atoms with Crippen LogP contribution in [0.1, 0.15) is 38.2 Å².